The fraction of sp³-hybridized carbons (Fsp3) is 0.364. The second kappa shape index (κ2) is 8.41. The van der Waals surface area contributed by atoms with Gasteiger partial charge in [-0.05, 0) is 55.5 Å². The molecule has 2 aromatic carbocycles. The van der Waals surface area contributed by atoms with Crippen LogP contribution in [0.1, 0.15) is 23.7 Å². The van der Waals surface area contributed by atoms with Crippen molar-refractivity contribution in [2.45, 2.75) is 25.2 Å². The van der Waals surface area contributed by atoms with E-state index >= 15 is 0 Å². The number of ether oxygens (including phenoxy) is 3. The van der Waals surface area contributed by atoms with Gasteiger partial charge < -0.3 is 24.4 Å². The van der Waals surface area contributed by atoms with Crippen LogP contribution in [0, 0.1) is 5.82 Å². The molecule has 7 nitrogen and oxygen atoms in total. The molecule has 2 amide bonds. The number of likely N-dealkylation sites (tertiary alicyclic amines) is 1. The number of carbonyl (C=O) groups is 2. The second-order valence-corrected chi connectivity index (χ2v) is 7.45. The van der Waals surface area contributed by atoms with Gasteiger partial charge >= 0.3 is 0 Å². The number of halogens is 1. The van der Waals surface area contributed by atoms with Crippen LogP contribution in [0.2, 0.25) is 0 Å². The highest BCUT2D eigenvalue weighted by atomic mass is 19.1. The van der Waals surface area contributed by atoms with Crippen LogP contribution < -0.4 is 10.1 Å². The number of nitrogens with one attached hydrogen (secondary N) is 1. The third-order valence-corrected chi connectivity index (χ3v) is 5.25. The fourth-order valence-corrected chi connectivity index (χ4v) is 3.75. The van der Waals surface area contributed by atoms with E-state index in [2.05, 4.69) is 5.32 Å². The van der Waals surface area contributed by atoms with Crippen LogP contribution in [0.3, 0.4) is 0 Å². The van der Waals surface area contributed by atoms with Gasteiger partial charge in [0, 0.05) is 18.0 Å². The highest BCUT2D eigenvalue weighted by Crippen LogP contribution is 2.34. The first-order chi connectivity index (χ1) is 14.4. The van der Waals surface area contributed by atoms with Crippen molar-refractivity contribution in [3.63, 3.8) is 0 Å². The van der Waals surface area contributed by atoms with E-state index in [-0.39, 0.29) is 30.2 Å². The van der Waals surface area contributed by atoms with Gasteiger partial charge in [0.2, 0.25) is 5.91 Å². The smallest absolute Gasteiger partial charge is 0.251 e. The SMILES string of the molecule is CC1CC2(CN1C(=O)CNC(=O)c1ccc(Oc3ccc(F)cc3)cc1)OCCO2. The molecule has 30 heavy (non-hydrogen) atoms. The summed E-state index contributed by atoms with van der Waals surface area (Å²) in [6.45, 7) is 3.28. The molecule has 0 aromatic heterocycles. The lowest BCUT2D eigenvalue weighted by atomic mass is 10.2. The van der Waals surface area contributed by atoms with E-state index in [0.717, 1.165) is 0 Å². The number of rotatable bonds is 5. The van der Waals surface area contributed by atoms with Gasteiger partial charge in [-0.1, -0.05) is 0 Å². The zero-order valence-corrected chi connectivity index (χ0v) is 16.6. The summed E-state index contributed by atoms with van der Waals surface area (Å²) in [6.07, 6.45) is 0.627. The molecule has 2 aliphatic heterocycles. The molecule has 1 atom stereocenters. The predicted octanol–water partition coefficient (Wildman–Crippen LogP) is 2.71. The summed E-state index contributed by atoms with van der Waals surface area (Å²) in [5, 5.41) is 2.66. The molecule has 4 rings (SSSR count). The van der Waals surface area contributed by atoms with Gasteiger partial charge in [0.25, 0.3) is 5.91 Å². The molecule has 1 unspecified atom stereocenters. The summed E-state index contributed by atoms with van der Waals surface area (Å²) < 4.78 is 29.9. The summed E-state index contributed by atoms with van der Waals surface area (Å²) in [7, 11) is 0. The Hall–Kier alpha value is -2.97. The maximum atomic E-state index is 13.0. The molecule has 2 aromatic rings. The lowest BCUT2D eigenvalue weighted by Gasteiger charge is -2.23. The lowest BCUT2D eigenvalue weighted by molar-refractivity contribution is -0.152. The minimum absolute atomic E-state index is 0.0182. The monoisotopic (exact) mass is 414 g/mol. The van der Waals surface area contributed by atoms with Crippen molar-refractivity contribution in [3.8, 4) is 11.5 Å². The zero-order chi connectivity index (χ0) is 21.1. The lowest BCUT2D eigenvalue weighted by Crippen LogP contribution is -2.43. The summed E-state index contributed by atoms with van der Waals surface area (Å²) in [6, 6.07) is 12.1. The highest BCUT2D eigenvalue weighted by molar-refractivity contribution is 5.96. The summed E-state index contributed by atoms with van der Waals surface area (Å²) in [5.41, 5.74) is 0.405. The number of amides is 2. The Labute approximate surface area is 173 Å². The first kappa shape index (κ1) is 20.3. The van der Waals surface area contributed by atoms with Crippen molar-refractivity contribution in [1.82, 2.24) is 10.2 Å². The maximum Gasteiger partial charge on any atom is 0.251 e. The molecular formula is C22H23FN2O5. The largest absolute Gasteiger partial charge is 0.457 e. The molecule has 2 heterocycles. The topological polar surface area (TPSA) is 77.1 Å². The Morgan fingerprint density at radius 1 is 1.10 bits per heavy atom. The van der Waals surface area contributed by atoms with Crippen LogP contribution in [0.4, 0.5) is 4.39 Å². The van der Waals surface area contributed by atoms with Crippen LogP contribution in [-0.2, 0) is 14.3 Å². The molecule has 1 N–H and O–H groups in total. The standard InChI is InChI=1S/C22H23FN2O5/c1-15-12-22(28-10-11-29-22)14-25(15)20(26)13-24-21(27)16-2-6-18(7-3-16)30-19-8-4-17(23)5-9-19/h2-9,15H,10-14H2,1H3,(H,24,27). The quantitative estimate of drug-likeness (QED) is 0.814. The fourth-order valence-electron chi connectivity index (χ4n) is 3.75. The molecular weight excluding hydrogens is 391 g/mol. The zero-order valence-electron chi connectivity index (χ0n) is 16.6. The molecule has 2 saturated heterocycles. The molecule has 0 saturated carbocycles. The molecule has 2 fully saturated rings. The minimum Gasteiger partial charge on any atom is -0.457 e. The Balaban J connectivity index is 1.29. The van der Waals surface area contributed by atoms with Crippen molar-refractivity contribution in [1.29, 1.82) is 0 Å². The van der Waals surface area contributed by atoms with Gasteiger partial charge in [-0.2, -0.15) is 0 Å². The number of benzene rings is 2. The number of nitrogens with zero attached hydrogens (tertiary/aromatic N) is 1. The summed E-state index contributed by atoms with van der Waals surface area (Å²) >= 11 is 0. The van der Waals surface area contributed by atoms with Crippen LogP contribution in [0.5, 0.6) is 11.5 Å². The average Bonchev–Trinajstić information content (AvgIpc) is 3.34. The summed E-state index contributed by atoms with van der Waals surface area (Å²) in [5.74, 6) is -0.561. The molecule has 158 valence electrons. The average molecular weight is 414 g/mol. The summed E-state index contributed by atoms with van der Waals surface area (Å²) in [4.78, 5) is 26.6. The van der Waals surface area contributed by atoms with Gasteiger partial charge in [0.1, 0.15) is 17.3 Å². The Morgan fingerprint density at radius 3 is 2.33 bits per heavy atom. The van der Waals surface area contributed by atoms with Crippen LogP contribution >= 0.6 is 0 Å². The van der Waals surface area contributed by atoms with E-state index in [9.17, 15) is 14.0 Å². The molecule has 2 aliphatic rings. The molecule has 0 aliphatic carbocycles. The first-order valence-corrected chi connectivity index (χ1v) is 9.83. The molecule has 8 heteroatoms. The number of hydrogen-bond acceptors (Lipinski definition) is 5. The van der Waals surface area contributed by atoms with Crippen molar-refractivity contribution in [2.75, 3.05) is 26.3 Å². The second-order valence-electron chi connectivity index (χ2n) is 7.45. The van der Waals surface area contributed by atoms with Crippen LogP contribution in [-0.4, -0.2) is 54.8 Å². The highest BCUT2D eigenvalue weighted by Gasteiger charge is 2.48. The Morgan fingerprint density at radius 2 is 1.70 bits per heavy atom. The van der Waals surface area contributed by atoms with E-state index in [4.69, 9.17) is 14.2 Å². The van der Waals surface area contributed by atoms with Crippen molar-refractivity contribution in [3.05, 3.63) is 59.9 Å². The van der Waals surface area contributed by atoms with Gasteiger partial charge in [-0.25, -0.2) is 4.39 Å². The van der Waals surface area contributed by atoms with Crippen LogP contribution in [0.15, 0.2) is 48.5 Å². The third kappa shape index (κ3) is 4.44. The van der Waals surface area contributed by atoms with Crippen molar-refractivity contribution >= 4 is 11.8 Å². The van der Waals surface area contributed by atoms with E-state index in [1.54, 1.807) is 29.2 Å². The molecule has 0 bridgehead atoms. The van der Waals surface area contributed by atoms with Crippen molar-refractivity contribution < 1.29 is 28.2 Å². The van der Waals surface area contributed by atoms with Gasteiger partial charge in [-0.15, -0.1) is 0 Å². The van der Waals surface area contributed by atoms with Crippen molar-refractivity contribution in [2.24, 2.45) is 0 Å². The normalized spacial score (nSPS) is 19.8. The third-order valence-electron chi connectivity index (χ3n) is 5.25. The first-order valence-electron chi connectivity index (χ1n) is 9.83. The van der Waals surface area contributed by atoms with Crippen LogP contribution in [0.25, 0.3) is 0 Å². The van der Waals surface area contributed by atoms with E-state index in [0.29, 0.717) is 43.2 Å². The number of carbonyl (C=O) groups excluding carboxylic acids is 2. The Bertz CT molecular complexity index is 910. The van der Waals surface area contributed by atoms with E-state index < -0.39 is 5.79 Å². The number of hydrogen-bond donors (Lipinski definition) is 1. The molecule has 1 spiro atoms. The molecule has 0 radical (unpaired) electrons. The maximum absolute atomic E-state index is 13.0. The van der Waals surface area contributed by atoms with E-state index in [1.807, 2.05) is 6.92 Å². The van der Waals surface area contributed by atoms with Gasteiger partial charge in [-0.3, -0.25) is 9.59 Å². The van der Waals surface area contributed by atoms with Gasteiger partial charge in [0.05, 0.1) is 26.3 Å². The Kier molecular flexibility index (Phi) is 5.69. The van der Waals surface area contributed by atoms with E-state index in [1.165, 1.54) is 24.3 Å². The van der Waals surface area contributed by atoms with Gasteiger partial charge in [0.15, 0.2) is 5.79 Å². The predicted molar refractivity (Wildman–Crippen MR) is 106 cm³/mol. The minimum atomic E-state index is -0.695.